The predicted molar refractivity (Wildman–Crippen MR) is 61.1 cm³/mol. The van der Waals surface area contributed by atoms with Crippen LogP contribution < -0.4 is 11.1 Å². The molecule has 0 aromatic carbocycles. The number of hydrogen-bond acceptors (Lipinski definition) is 4. The standard InChI is InChI=1S/C11H22N2O3/c1-9(12)11(14)13-5-3-6-15-8-10-4-2-7-16-10/h9-10H,2-8,12H2,1H3,(H,13,14)/t9-,10?/m0/s1. The second-order valence-electron chi connectivity index (χ2n) is 4.14. The number of carbonyl (C=O) groups is 1. The van der Waals surface area contributed by atoms with E-state index in [1.165, 1.54) is 0 Å². The molecule has 3 N–H and O–H groups in total. The first-order valence-corrected chi connectivity index (χ1v) is 5.93. The van der Waals surface area contributed by atoms with Crippen molar-refractivity contribution < 1.29 is 14.3 Å². The molecule has 16 heavy (non-hydrogen) atoms. The molecule has 1 heterocycles. The zero-order chi connectivity index (χ0) is 11.8. The summed E-state index contributed by atoms with van der Waals surface area (Å²) >= 11 is 0. The van der Waals surface area contributed by atoms with Crippen LogP contribution in [0.4, 0.5) is 0 Å². The zero-order valence-corrected chi connectivity index (χ0v) is 9.91. The summed E-state index contributed by atoms with van der Waals surface area (Å²) in [6, 6.07) is -0.437. The van der Waals surface area contributed by atoms with E-state index in [1.54, 1.807) is 6.92 Å². The van der Waals surface area contributed by atoms with Gasteiger partial charge in [0.05, 0.1) is 18.8 Å². The van der Waals surface area contributed by atoms with Gasteiger partial charge < -0.3 is 20.5 Å². The Hall–Kier alpha value is -0.650. The van der Waals surface area contributed by atoms with Gasteiger partial charge in [0.25, 0.3) is 0 Å². The Bertz CT molecular complexity index is 203. The summed E-state index contributed by atoms with van der Waals surface area (Å²) < 4.78 is 10.9. The third kappa shape index (κ3) is 5.44. The first-order valence-electron chi connectivity index (χ1n) is 5.93. The number of nitrogens with two attached hydrogens (primary N) is 1. The van der Waals surface area contributed by atoms with Crippen molar-refractivity contribution >= 4 is 5.91 Å². The summed E-state index contributed by atoms with van der Waals surface area (Å²) in [5, 5.41) is 2.74. The summed E-state index contributed by atoms with van der Waals surface area (Å²) in [6.45, 7) is 4.47. The molecule has 94 valence electrons. The molecule has 5 heteroatoms. The Labute approximate surface area is 96.7 Å². The molecular weight excluding hydrogens is 208 g/mol. The largest absolute Gasteiger partial charge is 0.379 e. The van der Waals surface area contributed by atoms with Gasteiger partial charge in [-0.05, 0) is 26.2 Å². The van der Waals surface area contributed by atoms with Crippen LogP contribution in [0.5, 0.6) is 0 Å². The summed E-state index contributed by atoms with van der Waals surface area (Å²) in [5.41, 5.74) is 5.40. The molecule has 0 aromatic rings. The lowest BCUT2D eigenvalue weighted by atomic mass is 10.2. The van der Waals surface area contributed by atoms with Crippen LogP contribution in [-0.4, -0.2) is 44.4 Å². The van der Waals surface area contributed by atoms with Crippen molar-refractivity contribution in [1.29, 1.82) is 0 Å². The van der Waals surface area contributed by atoms with Crippen LogP contribution in [0.25, 0.3) is 0 Å². The van der Waals surface area contributed by atoms with Gasteiger partial charge in [0.2, 0.25) is 5.91 Å². The van der Waals surface area contributed by atoms with Gasteiger partial charge in [0.15, 0.2) is 0 Å². The van der Waals surface area contributed by atoms with Gasteiger partial charge in [-0.1, -0.05) is 0 Å². The van der Waals surface area contributed by atoms with Gasteiger partial charge in [0.1, 0.15) is 0 Å². The van der Waals surface area contributed by atoms with Crippen LogP contribution >= 0.6 is 0 Å². The molecule has 5 nitrogen and oxygen atoms in total. The van der Waals surface area contributed by atoms with Crippen molar-refractivity contribution in [3.05, 3.63) is 0 Å². The molecule has 0 saturated carbocycles. The molecule has 2 atom stereocenters. The van der Waals surface area contributed by atoms with Crippen molar-refractivity contribution in [1.82, 2.24) is 5.32 Å². The fraction of sp³-hybridized carbons (Fsp3) is 0.909. The normalized spacial score (nSPS) is 22.0. The van der Waals surface area contributed by atoms with E-state index in [9.17, 15) is 4.79 Å². The lowest BCUT2D eigenvalue weighted by Crippen LogP contribution is -2.38. The maximum atomic E-state index is 11.1. The predicted octanol–water partition coefficient (Wildman–Crippen LogP) is 0.0355. The Morgan fingerprint density at radius 3 is 3.12 bits per heavy atom. The van der Waals surface area contributed by atoms with E-state index in [0.29, 0.717) is 19.8 Å². The highest BCUT2D eigenvalue weighted by atomic mass is 16.5. The van der Waals surface area contributed by atoms with Gasteiger partial charge in [-0.3, -0.25) is 4.79 Å². The number of nitrogens with one attached hydrogen (secondary N) is 1. The molecule has 1 aliphatic heterocycles. The maximum Gasteiger partial charge on any atom is 0.236 e. The van der Waals surface area contributed by atoms with Crippen LogP contribution in [0.1, 0.15) is 26.2 Å². The smallest absolute Gasteiger partial charge is 0.236 e. The van der Waals surface area contributed by atoms with E-state index >= 15 is 0 Å². The topological polar surface area (TPSA) is 73.6 Å². The molecule has 1 aliphatic rings. The molecule has 0 aliphatic carbocycles. The number of amides is 1. The van der Waals surface area contributed by atoms with Crippen molar-refractivity contribution in [2.24, 2.45) is 5.73 Å². The highest BCUT2D eigenvalue weighted by molar-refractivity contribution is 5.80. The molecule has 0 radical (unpaired) electrons. The minimum atomic E-state index is -0.437. The fourth-order valence-electron chi connectivity index (χ4n) is 1.54. The molecule has 1 amide bonds. The van der Waals surface area contributed by atoms with Gasteiger partial charge in [0, 0.05) is 19.8 Å². The van der Waals surface area contributed by atoms with Gasteiger partial charge >= 0.3 is 0 Å². The second kappa shape index (κ2) is 7.60. The molecule has 1 rings (SSSR count). The number of rotatable bonds is 7. The average molecular weight is 230 g/mol. The molecule has 0 aromatic heterocycles. The molecule has 1 saturated heterocycles. The Morgan fingerprint density at radius 1 is 1.69 bits per heavy atom. The van der Waals surface area contributed by atoms with Crippen LogP contribution in [-0.2, 0) is 14.3 Å². The number of carbonyl (C=O) groups excluding carboxylic acids is 1. The van der Waals surface area contributed by atoms with Crippen LogP contribution in [0.15, 0.2) is 0 Å². The average Bonchev–Trinajstić information content (AvgIpc) is 2.75. The quantitative estimate of drug-likeness (QED) is 0.605. The van der Waals surface area contributed by atoms with Crippen LogP contribution in [0.3, 0.4) is 0 Å². The minimum Gasteiger partial charge on any atom is -0.379 e. The molecule has 0 spiro atoms. The van der Waals surface area contributed by atoms with Crippen LogP contribution in [0.2, 0.25) is 0 Å². The second-order valence-corrected chi connectivity index (χ2v) is 4.14. The molecule has 0 bridgehead atoms. The molecular formula is C11H22N2O3. The number of hydrogen-bond donors (Lipinski definition) is 2. The van der Waals surface area contributed by atoms with Crippen molar-refractivity contribution in [2.45, 2.75) is 38.3 Å². The van der Waals surface area contributed by atoms with E-state index in [0.717, 1.165) is 25.9 Å². The minimum absolute atomic E-state index is 0.112. The van der Waals surface area contributed by atoms with E-state index in [-0.39, 0.29) is 12.0 Å². The fourth-order valence-corrected chi connectivity index (χ4v) is 1.54. The highest BCUT2D eigenvalue weighted by Gasteiger charge is 2.14. The summed E-state index contributed by atoms with van der Waals surface area (Å²) in [5.74, 6) is -0.112. The summed E-state index contributed by atoms with van der Waals surface area (Å²) in [7, 11) is 0. The van der Waals surface area contributed by atoms with Crippen LogP contribution in [0, 0.1) is 0 Å². The molecule has 1 unspecified atom stereocenters. The van der Waals surface area contributed by atoms with E-state index in [4.69, 9.17) is 15.2 Å². The Morgan fingerprint density at radius 2 is 2.50 bits per heavy atom. The lowest BCUT2D eigenvalue weighted by Gasteiger charge is -2.10. The number of ether oxygens (including phenoxy) is 2. The highest BCUT2D eigenvalue weighted by Crippen LogP contribution is 2.11. The SMILES string of the molecule is C[C@H](N)C(=O)NCCCOCC1CCCO1. The third-order valence-electron chi connectivity index (χ3n) is 2.51. The van der Waals surface area contributed by atoms with Crippen molar-refractivity contribution in [3.63, 3.8) is 0 Å². The lowest BCUT2D eigenvalue weighted by molar-refractivity contribution is -0.122. The first kappa shape index (κ1) is 13.4. The van der Waals surface area contributed by atoms with E-state index < -0.39 is 6.04 Å². The maximum absolute atomic E-state index is 11.1. The molecule has 1 fully saturated rings. The first-order chi connectivity index (χ1) is 7.70. The van der Waals surface area contributed by atoms with Gasteiger partial charge in [-0.2, -0.15) is 0 Å². The van der Waals surface area contributed by atoms with Crippen molar-refractivity contribution in [3.8, 4) is 0 Å². The van der Waals surface area contributed by atoms with Crippen molar-refractivity contribution in [2.75, 3.05) is 26.4 Å². The summed E-state index contributed by atoms with van der Waals surface area (Å²) in [4.78, 5) is 11.1. The summed E-state index contributed by atoms with van der Waals surface area (Å²) in [6.07, 6.45) is 3.32. The van der Waals surface area contributed by atoms with E-state index in [1.807, 2.05) is 0 Å². The Balaban J connectivity index is 1.86. The zero-order valence-electron chi connectivity index (χ0n) is 9.91. The van der Waals surface area contributed by atoms with Gasteiger partial charge in [-0.25, -0.2) is 0 Å². The van der Waals surface area contributed by atoms with Gasteiger partial charge in [-0.15, -0.1) is 0 Å². The third-order valence-corrected chi connectivity index (χ3v) is 2.51. The Kier molecular flexibility index (Phi) is 6.37. The van der Waals surface area contributed by atoms with E-state index in [2.05, 4.69) is 5.32 Å². The monoisotopic (exact) mass is 230 g/mol.